The molecular weight excluding hydrogens is 406 g/mol. The standard InChI is InChI=1S/C18H18F2N4O2S2/c1-12-10-13-16(21-11-22-17(13)27-12)24-8-6-23(7-9-24)14-4-2-3-5-15(14)28(25,26)18(19)20/h2-5,10-11,18H,6-9H2,1H3. The molecule has 1 aliphatic rings. The number of aryl methyl sites for hydroxylation is 1. The quantitative estimate of drug-likeness (QED) is 0.640. The van der Waals surface area contributed by atoms with Gasteiger partial charge in [0.25, 0.3) is 0 Å². The third-order valence-corrected chi connectivity index (χ3v) is 7.14. The van der Waals surface area contributed by atoms with E-state index in [0.717, 1.165) is 20.9 Å². The zero-order valence-electron chi connectivity index (χ0n) is 15.0. The molecule has 0 unspecified atom stereocenters. The van der Waals surface area contributed by atoms with E-state index in [-0.39, 0.29) is 4.90 Å². The fourth-order valence-electron chi connectivity index (χ4n) is 3.43. The largest absolute Gasteiger partial charge is 0.367 e. The van der Waals surface area contributed by atoms with Gasteiger partial charge < -0.3 is 9.80 Å². The number of thiophene rings is 1. The third-order valence-electron chi connectivity index (χ3n) is 4.76. The molecule has 0 radical (unpaired) electrons. The highest BCUT2D eigenvalue weighted by Gasteiger charge is 2.31. The molecule has 0 atom stereocenters. The molecule has 3 aromatic rings. The number of sulfone groups is 1. The van der Waals surface area contributed by atoms with Crippen molar-refractivity contribution in [2.45, 2.75) is 17.6 Å². The second-order valence-electron chi connectivity index (χ2n) is 6.52. The molecule has 1 aromatic carbocycles. The molecule has 0 saturated carbocycles. The minimum absolute atomic E-state index is 0.321. The highest BCUT2D eigenvalue weighted by molar-refractivity contribution is 7.91. The molecule has 0 amide bonds. The van der Waals surface area contributed by atoms with E-state index in [1.54, 1.807) is 29.8 Å². The number of benzene rings is 1. The molecule has 0 bridgehead atoms. The van der Waals surface area contributed by atoms with Crippen LogP contribution in [-0.2, 0) is 9.84 Å². The Bertz CT molecular complexity index is 1110. The molecule has 4 rings (SSSR count). The maximum absolute atomic E-state index is 13.1. The minimum atomic E-state index is -4.66. The molecule has 1 fully saturated rings. The van der Waals surface area contributed by atoms with Crippen LogP contribution in [0.3, 0.4) is 0 Å². The number of anilines is 2. The summed E-state index contributed by atoms with van der Waals surface area (Å²) < 4.78 is 50.2. The fourth-order valence-corrected chi connectivity index (χ4v) is 5.22. The van der Waals surface area contributed by atoms with Crippen molar-refractivity contribution in [2.75, 3.05) is 36.0 Å². The number of halogens is 2. The summed E-state index contributed by atoms with van der Waals surface area (Å²) in [6.45, 7) is 4.23. The maximum atomic E-state index is 13.1. The maximum Gasteiger partial charge on any atom is 0.341 e. The van der Waals surface area contributed by atoms with Gasteiger partial charge in [-0.25, -0.2) is 18.4 Å². The first-order chi connectivity index (χ1) is 13.4. The van der Waals surface area contributed by atoms with Crippen molar-refractivity contribution in [1.82, 2.24) is 9.97 Å². The summed E-state index contributed by atoms with van der Waals surface area (Å²) in [5.74, 6) is -2.59. The van der Waals surface area contributed by atoms with Gasteiger partial charge in [-0.1, -0.05) is 12.1 Å². The average Bonchev–Trinajstić information content (AvgIpc) is 3.08. The van der Waals surface area contributed by atoms with Crippen molar-refractivity contribution < 1.29 is 17.2 Å². The predicted molar refractivity (Wildman–Crippen MR) is 106 cm³/mol. The van der Waals surface area contributed by atoms with Gasteiger partial charge in [-0.2, -0.15) is 8.78 Å². The summed E-state index contributed by atoms with van der Waals surface area (Å²) in [5, 5.41) is 0.999. The summed E-state index contributed by atoms with van der Waals surface area (Å²) in [7, 11) is -4.66. The van der Waals surface area contributed by atoms with E-state index in [9.17, 15) is 17.2 Å². The van der Waals surface area contributed by atoms with Crippen LogP contribution in [0.25, 0.3) is 10.2 Å². The molecule has 3 heterocycles. The molecule has 0 spiro atoms. The Kier molecular flexibility index (Phi) is 4.92. The summed E-state index contributed by atoms with van der Waals surface area (Å²) in [4.78, 5) is 14.5. The van der Waals surface area contributed by atoms with Gasteiger partial charge in [0.2, 0.25) is 9.84 Å². The van der Waals surface area contributed by atoms with Gasteiger partial charge in [-0.05, 0) is 25.1 Å². The van der Waals surface area contributed by atoms with Crippen molar-refractivity contribution >= 4 is 42.9 Å². The summed E-state index contributed by atoms with van der Waals surface area (Å²) in [6.07, 6.45) is 1.55. The molecule has 28 heavy (non-hydrogen) atoms. The Morgan fingerprint density at radius 1 is 1.07 bits per heavy atom. The van der Waals surface area contributed by atoms with E-state index in [1.807, 2.05) is 11.8 Å². The average molecular weight is 424 g/mol. The Hall–Kier alpha value is -2.33. The van der Waals surface area contributed by atoms with Crippen LogP contribution in [0.1, 0.15) is 4.88 Å². The lowest BCUT2D eigenvalue weighted by molar-refractivity contribution is 0.235. The predicted octanol–water partition coefficient (Wildman–Crippen LogP) is 3.32. The SMILES string of the molecule is Cc1cc2c(N3CCN(c4ccccc4S(=O)(=O)C(F)F)CC3)ncnc2s1. The Balaban J connectivity index is 1.59. The minimum Gasteiger partial charge on any atom is -0.367 e. The number of hydrogen-bond acceptors (Lipinski definition) is 7. The van der Waals surface area contributed by atoms with Crippen molar-refractivity contribution in [3.63, 3.8) is 0 Å². The van der Waals surface area contributed by atoms with E-state index < -0.39 is 15.6 Å². The van der Waals surface area contributed by atoms with Crippen LogP contribution in [0, 0.1) is 6.92 Å². The van der Waals surface area contributed by atoms with Gasteiger partial charge in [0.1, 0.15) is 17.0 Å². The van der Waals surface area contributed by atoms with E-state index in [1.165, 1.54) is 12.1 Å². The molecule has 0 N–H and O–H groups in total. The number of piperazine rings is 1. The third kappa shape index (κ3) is 3.30. The van der Waals surface area contributed by atoms with Crippen LogP contribution in [0.4, 0.5) is 20.3 Å². The zero-order chi connectivity index (χ0) is 19.9. The number of rotatable bonds is 4. The summed E-state index contributed by atoms with van der Waals surface area (Å²) in [6, 6.07) is 8.01. The first-order valence-corrected chi connectivity index (χ1v) is 11.1. The van der Waals surface area contributed by atoms with E-state index in [4.69, 9.17) is 0 Å². The van der Waals surface area contributed by atoms with Gasteiger partial charge in [0, 0.05) is 31.1 Å². The van der Waals surface area contributed by atoms with Crippen LogP contribution in [0.2, 0.25) is 0 Å². The lowest BCUT2D eigenvalue weighted by Crippen LogP contribution is -2.47. The van der Waals surface area contributed by atoms with Crippen molar-refractivity contribution in [3.05, 3.63) is 41.5 Å². The molecule has 2 aromatic heterocycles. The molecule has 0 aliphatic carbocycles. The molecular formula is C18H18F2N4O2S2. The van der Waals surface area contributed by atoms with Gasteiger partial charge in [0.05, 0.1) is 16.0 Å². The van der Waals surface area contributed by atoms with Gasteiger partial charge in [0.15, 0.2) is 0 Å². The highest BCUT2D eigenvalue weighted by atomic mass is 32.2. The van der Waals surface area contributed by atoms with Gasteiger partial charge in [-0.3, -0.25) is 0 Å². The number of para-hydroxylation sites is 1. The summed E-state index contributed by atoms with van der Waals surface area (Å²) in [5.41, 5.74) is 0.321. The molecule has 148 valence electrons. The van der Waals surface area contributed by atoms with E-state index >= 15 is 0 Å². The molecule has 1 saturated heterocycles. The second kappa shape index (κ2) is 7.25. The van der Waals surface area contributed by atoms with Crippen molar-refractivity contribution in [3.8, 4) is 0 Å². The lowest BCUT2D eigenvalue weighted by atomic mass is 10.2. The zero-order valence-corrected chi connectivity index (χ0v) is 16.7. The van der Waals surface area contributed by atoms with Crippen molar-refractivity contribution in [2.24, 2.45) is 0 Å². The van der Waals surface area contributed by atoms with E-state index in [0.29, 0.717) is 31.9 Å². The Morgan fingerprint density at radius 2 is 1.75 bits per heavy atom. The van der Waals surface area contributed by atoms with Crippen LogP contribution in [0.5, 0.6) is 0 Å². The van der Waals surface area contributed by atoms with Crippen LogP contribution in [-0.4, -0.2) is 50.3 Å². The van der Waals surface area contributed by atoms with Gasteiger partial charge in [-0.15, -0.1) is 11.3 Å². The highest BCUT2D eigenvalue weighted by Crippen LogP contribution is 2.33. The van der Waals surface area contributed by atoms with Crippen LogP contribution < -0.4 is 9.80 Å². The van der Waals surface area contributed by atoms with Crippen LogP contribution in [0.15, 0.2) is 41.6 Å². The first kappa shape index (κ1) is 19.0. The lowest BCUT2D eigenvalue weighted by Gasteiger charge is -2.37. The molecule has 1 aliphatic heterocycles. The normalized spacial score (nSPS) is 15.6. The number of aromatic nitrogens is 2. The Morgan fingerprint density at radius 3 is 2.46 bits per heavy atom. The number of alkyl halides is 2. The van der Waals surface area contributed by atoms with Gasteiger partial charge >= 0.3 is 5.76 Å². The Labute approximate surface area is 165 Å². The van der Waals surface area contributed by atoms with E-state index in [2.05, 4.69) is 20.9 Å². The van der Waals surface area contributed by atoms with Crippen molar-refractivity contribution in [1.29, 1.82) is 0 Å². The second-order valence-corrected chi connectivity index (χ2v) is 9.64. The first-order valence-electron chi connectivity index (χ1n) is 8.70. The number of nitrogens with zero attached hydrogens (tertiary/aromatic N) is 4. The van der Waals surface area contributed by atoms with Crippen LogP contribution >= 0.6 is 11.3 Å². The fraction of sp³-hybridized carbons (Fsp3) is 0.333. The molecule has 6 nitrogen and oxygen atoms in total. The summed E-state index contributed by atoms with van der Waals surface area (Å²) >= 11 is 1.61. The molecule has 10 heteroatoms. The monoisotopic (exact) mass is 424 g/mol. The topological polar surface area (TPSA) is 66.4 Å². The number of hydrogen-bond donors (Lipinski definition) is 0. The smallest absolute Gasteiger partial charge is 0.341 e. The number of fused-ring (bicyclic) bond motifs is 1.